The lowest BCUT2D eigenvalue weighted by molar-refractivity contribution is 0.249. The van der Waals surface area contributed by atoms with E-state index in [1.165, 1.54) is 17.3 Å². The first-order chi connectivity index (χ1) is 15.2. The van der Waals surface area contributed by atoms with Gasteiger partial charge in [-0.1, -0.05) is 42.5 Å². The summed E-state index contributed by atoms with van der Waals surface area (Å²) in [6.07, 6.45) is 1.96. The second-order valence-corrected chi connectivity index (χ2v) is 8.12. The van der Waals surface area contributed by atoms with Crippen molar-refractivity contribution in [2.75, 3.05) is 44.4 Å². The molecule has 0 N–H and O–H groups in total. The molecule has 31 heavy (non-hydrogen) atoms. The quantitative estimate of drug-likeness (QED) is 0.319. The number of rotatable bonds is 6. The van der Waals surface area contributed by atoms with Crippen LogP contribution >= 0.6 is 11.8 Å². The Hall–Kier alpha value is -3.08. The van der Waals surface area contributed by atoms with E-state index in [9.17, 15) is 0 Å². The Bertz CT molecular complexity index is 1080. The molecule has 0 saturated carbocycles. The van der Waals surface area contributed by atoms with Gasteiger partial charge in [-0.15, -0.1) is 11.8 Å². The molecule has 3 aromatic rings. The third kappa shape index (κ3) is 4.82. The van der Waals surface area contributed by atoms with Crippen molar-refractivity contribution in [1.82, 2.24) is 14.9 Å². The smallest absolute Gasteiger partial charge is 0.259 e. The molecule has 6 nitrogen and oxygen atoms in total. The molecule has 2 aromatic carbocycles. The van der Waals surface area contributed by atoms with E-state index in [-0.39, 0.29) is 0 Å². The average molecular weight is 432 g/mol. The van der Waals surface area contributed by atoms with Crippen LogP contribution in [0.1, 0.15) is 5.56 Å². The molecule has 0 radical (unpaired) electrons. The van der Waals surface area contributed by atoms with Crippen LogP contribution in [0, 0.1) is 6.57 Å². The summed E-state index contributed by atoms with van der Waals surface area (Å²) in [5.74, 6) is 2.30. The lowest BCUT2D eigenvalue weighted by atomic mass is 10.2. The number of hydrogen-bond acceptors (Lipinski definition) is 6. The van der Waals surface area contributed by atoms with Crippen molar-refractivity contribution >= 4 is 23.3 Å². The van der Waals surface area contributed by atoms with Crippen molar-refractivity contribution in [2.45, 2.75) is 11.6 Å². The fraction of sp³-hybridized carbons (Fsp3) is 0.292. The van der Waals surface area contributed by atoms with Crippen LogP contribution in [0.15, 0.2) is 59.6 Å². The summed E-state index contributed by atoms with van der Waals surface area (Å²) in [6.45, 7) is 12.1. The largest absolute Gasteiger partial charge is 0.497 e. The topological polar surface area (TPSA) is 45.9 Å². The maximum absolute atomic E-state index is 7.73. The van der Waals surface area contributed by atoms with E-state index < -0.39 is 0 Å². The number of thioether (sulfide) groups is 1. The van der Waals surface area contributed by atoms with Gasteiger partial charge in [-0.3, -0.25) is 4.90 Å². The Morgan fingerprint density at radius 1 is 1.03 bits per heavy atom. The van der Waals surface area contributed by atoms with Crippen LogP contribution in [0.3, 0.4) is 0 Å². The monoisotopic (exact) mass is 431 g/mol. The third-order valence-corrected chi connectivity index (χ3v) is 6.05. The van der Waals surface area contributed by atoms with Crippen LogP contribution < -0.4 is 9.64 Å². The summed E-state index contributed by atoms with van der Waals surface area (Å²) in [7, 11) is 1.70. The number of aromatic nitrogens is 2. The molecule has 0 spiro atoms. The standard InChI is InChI=1S/C24H25N5OS/c1-25-21-23(26-22(27-24(21)31-3)19-9-5-4-6-10-19)29-14-12-28(13-15-29)17-18-8-7-11-20(16-18)30-2/h4-11,16H,12-15,17H2,2-3H3. The molecule has 1 saturated heterocycles. The molecule has 7 heteroatoms. The number of nitrogens with zero attached hydrogens (tertiary/aromatic N) is 5. The maximum Gasteiger partial charge on any atom is 0.259 e. The summed E-state index contributed by atoms with van der Waals surface area (Å²) in [5, 5.41) is 0.734. The van der Waals surface area contributed by atoms with Crippen LogP contribution in [-0.4, -0.2) is 54.4 Å². The van der Waals surface area contributed by atoms with Gasteiger partial charge in [0.25, 0.3) is 5.69 Å². The number of ether oxygens (including phenoxy) is 1. The van der Waals surface area contributed by atoms with Gasteiger partial charge in [0.05, 0.1) is 13.7 Å². The van der Waals surface area contributed by atoms with Crippen molar-refractivity contribution in [2.24, 2.45) is 0 Å². The van der Waals surface area contributed by atoms with Crippen LogP contribution in [0.4, 0.5) is 11.5 Å². The zero-order valence-electron chi connectivity index (χ0n) is 17.8. The Balaban J connectivity index is 1.54. The molecule has 1 fully saturated rings. The van der Waals surface area contributed by atoms with Crippen LogP contribution in [0.5, 0.6) is 5.75 Å². The molecule has 4 rings (SSSR count). The lowest BCUT2D eigenvalue weighted by Gasteiger charge is -2.36. The first kappa shape index (κ1) is 21.2. The van der Waals surface area contributed by atoms with E-state index in [1.807, 2.05) is 48.7 Å². The minimum absolute atomic E-state index is 0.549. The molecule has 1 aliphatic rings. The maximum atomic E-state index is 7.73. The Morgan fingerprint density at radius 2 is 1.81 bits per heavy atom. The number of hydrogen-bond donors (Lipinski definition) is 0. The highest BCUT2D eigenvalue weighted by atomic mass is 32.2. The van der Waals surface area contributed by atoms with E-state index in [0.29, 0.717) is 11.5 Å². The van der Waals surface area contributed by atoms with Crippen molar-refractivity contribution in [1.29, 1.82) is 0 Å². The number of piperazine rings is 1. The SMILES string of the molecule is [C-]#[N+]c1c(SC)nc(-c2ccccc2)nc1N1CCN(Cc2cccc(OC)c2)CC1. The van der Waals surface area contributed by atoms with Gasteiger partial charge < -0.3 is 9.64 Å². The highest BCUT2D eigenvalue weighted by molar-refractivity contribution is 7.98. The van der Waals surface area contributed by atoms with Crippen LogP contribution in [-0.2, 0) is 6.54 Å². The van der Waals surface area contributed by atoms with Gasteiger partial charge in [0.1, 0.15) is 16.6 Å². The van der Waals surface area contributed by atoms with E-state index in [1.54, 1.807) is 7.11 Å². The molecular weight excluding hydrogens is 406 g/mol. The normalized spacial score (nSPS) is 14.3. The van der Waals surface area contributed by atoms with Crippen LogP contribution in [0.25, 0.3) is 16.2 Å². The first-order valence-corrected chi connectivity index (χ1v) is 11.4. The van der Waals surface area contributed by atoms with E-state index in [0.717, 1.165) is 54.9 Å². The molecule has 158 valence electrons. The van der Waals surface area contributed by atoms with Crippen molar-refractivity contribution in [3.63, 3.8) is 0 Å². The van der Waals surface area contributed by atoms with Gasteiger partial charge in [0.2, 0.25) is 0 Å². The third-order valence-electron chi connectivity index (χ3n) is 5.38. The molecule has 2 heterocycles. The van der Waals surface area contributed by atoms with Gasteiger partial charge in [-0.25, -0.2) is 14.8 Å². The molecule has 0 aliphatic carbocycles. The molecule has 0 atom stereocenters. The molecule has 0 amide bonds. The average Bonchev–Trinajstić information content (AvgIpc) is 2.84. The first-order valence-electron chi connectivity index (χ1n) is 10.2. The summed E-state index contributed by atoms with van der Waals surface area (Å²) in [4.78, 5) is 17.9. The predicted molar refractivity (Wildman–Crippen MR) is 126 cm³/mol. The molecule has 1 aromatic heterocycles. The van der Waals surface area contributed by atoms with Gasteiger partial charge in [0, 0.05) is 38.3 Å². The van der Waals surface area contributed by atoms with Crippen LogP contribution in [0.2, 0.25) is 0 Å². The van der Waals surface area contributed by atoms with Gasteiger partial charge in [-0.05, 0) is 24.0 Å². The van der Waals surface area contributed by atoms with E-state index >= 15 is 0 Å². The van der Waals surface area contributed by atoms with Gasteiger partial charge >= 0.3 is 0 Å². The summed E-state index contributed by atoms with van der Waals surface area (Å²) in [6, 6.07) is 18.2. The van der Waals surface area contributed by atoms with E-state index in [4.69, 9.17) is 16.3 Å². The molecule has 0 bridgehead atoms. The minimum atomic E-state index is 0.549. The summed E-state index contributed by atoms with van der Waals surface area (Å²) >= 11 is 1.50. The Kier molecular flexibility index (Phi) is 6.70. The van der Waals surface area contributed by atoms with Crippen molar-refractivity contribution < 1.29 is 4.74 Å². The zero-order chi connectivity index (χ0) is 21.6. The number of methoxy groups -OCH3 is 1. The fourth-order valence-corrected chi connectivity index (χ4v) is 4.25. The van der Waals surface area contributed by atoms with Gasteiger partial charge in [0.15, 0.2) is 5.82 Å². The molecule has 0 unspecified atom stereocenters. The Labute approximate surface area is 187 Å². The number of anilines is 1. The number of benzene rings is 2. The highest BCUT2D eigenvalue weighted by Crippen LogP contribution is 2.37. The molecular formula is C24H25N5OS. The zero-order valence-corrected chi connectivity index (χ0v) is 18.6. The summed E-state index contributed by atoms with van der Waals surface area (Å²) < 4.78 is 5.34. The minimum Gasteiger partial charge on any atom is -0.497 e. The second kappa shape index (κ2) is 9.82. The van der Waals surface area contributed by atoms with Crippen molar-refractivity contribution in [3.05, 3.63) is 71.6 Å². The Morgan fingerprint density at radius 3 is 2.48 bits per heavy atom. The second-order valence-electron chi connectivity index (χ2n) is 7.32. The molecule has 1 aliphatic heterocycles. The van der Waals surface area contributed by atoms with Crippen molar-refractivity contribution in [3.8, 4) is 17.1 Å². The lowest BCUT2D eigenvalue weighted by Crippen LogP contribution is -2.46. The van der Waals surface area contributed by atoms with Gasteiger partial charge in [-0.2, -0.15) is 0 Å². The van der Waals surface area contributed by atoms with E-state index in [2.05, 4.69) is 31.8 Å². The predicted octanol–water partition coefficient (Wildman–Crippen LogP) is 4.75. The fourth-order valence-electron chi connectivity index (χ4n) is 3.75. The summed E-state index contributed by atoms with van der Waals surface area (Å²) in [5.41, 5.74) is 2.76. The highest BCUT2D eigenvalue weighted by Gasteiger charge is 2.24.